The van der Waals surface area contributed by atoms with E-state index in [-0.39, 0.29) is 10.4 Å². The van der Waals surface area contributed by atoms with Gasteiger partial charge in [0.15, 0.2) is 5.82 Å². The fourth-order valence-corrected chi connectivity index (χ4v) is 1.97. The molecule has 0 radical (unpaired) electrons. The van der Waals surface area contributed by atoms with Crippen LogP contribution in [0.3, 0.4) is 0 Å². The second kappa shape index (κ2) is 4.24. The second-order valence-electron chi connectivity index (χ2n) is 5.08. The highest BCUT2D eigenvalue weighted by Crippen LogP contribution is 2.29. The Morgan fingerprint density at radius 2 is 2.00 bits per heavy atom. The van der Waals surface area contributed by atoms with Gasteiger partial charge in [-0.15, -0.1) is 5.10 Å². The number of nitrogen functional groups attached to an aromatic ring is 1. The zero-order valence-corrected chi connectivity index (χ0v) is 11.2. The van der Waals surface area contributed by atoms with E-state index in [0.717, 1.165) is 5.69 Å². The van der Waals surface area contributed by atoms with Crippen molar-refractivity contribution in [2.45, 2.75) is 26.2 Å². The van der Waals surface area contributed by atoms with E-state index in [1.807, 2.05) is 20.8 Å². The number of anilines is 1. The minimum Gasteiger partial charge on any atom is -0.381 e. The smallest absolute Gasteiger partial charge is 0.170 e. The van der Waals surface area contributed by atoms with Crippen LogP contribution in [0.5, 0.6) is 0 Å². The summed E-state index contributed by atoms with van der Waals surface area (Å²) >= 11 is 5.77. The van der Waals surface area contributed by atoms with Gasteiger partial charge < -0.3 is 5.73 Å². The summed E-state index contributed by atoms with van der Waals surface area (Å²) in [5, 5.41) is 7.89. The third-order valence-electron chi connectivity index (χ3n) is 2.55. The van der Waals surface area contributed by atoms with Crippen LogP contribution in [-0.4, -0.2) is 15.0 Å². The van der Waals surface area contributed by atoms with Crippen LogP contribution in [0, 0.1) is 5.82 Å². The molecule has 0 atom stereocenters. The van der Waals surface area contributed by atoms with E-state index in [0.29, 0.717) is 11.5 Å². The molecule has 0 aliphatic carbocycles. The van der Waals surface area contributed by atoms with Crippen molar-refractivity contribution < 1.29 is 4.39 Å². The quantitative estimate of drug-likeness (QED) is 0.865. The lowest BCUT2D eigenvalue weighted by atomic mass is 9.91. The molecule has 0 aliphatic heterocycles. The minimum absolute atomic E-state index is 0.0430. The fourth-order valence-electron chi connectivity index (χ4n) is 1.79. The van der Waals surface area contributed by atoms with Gasteiger partial charge in [-0.1, -0.05) is 37.6 Å². The molecule has 6 heteroatoms. The van der Waals surface area contributed by atoms with Crippen molar-refractivity contribution in [1.29, 1.82) is 0 Å². The Balaban J connectivity index is 2.61. The van der Waals surface area contributed by atoms with Gasteiger partial charge in [-0.25, -0.2) is 9.07 Å². The molecule has 1 aromatic carbocycles. The van der Waals surface area contributed by atoms with E-state index in [2.05, 4.69) is 10.3 Å². The molecule has 0 fully saturated rings. The fraction of sp³-hybridized carbons (Fsp3) is 0.333. The molecule has 0 saturated heterocycles. The highest BCUT2D eigenvalue weighted by molar-refractivity contribution is 6.30. The number of hydrogen-bond donors (Lipinski definition) is 1. The van der Waals surface area contributed by atoms with Crippen LogP contribution in [-0.2, 0) is 5.41 Å². The zero-order valence-electron chi connectivity index (χ0n) is 10.4. The lowest BCUT2D eigenvalue weighted by molar-refractivity contribution is 0.544. The van der Waals surface area contributed by atoms with E-state index < -0.39 is 5.82 Å². The number of nitrogens with zero attached hydrogens (tertiary/aromatic N) is 3. The van der Waals surface area contributed by atoms with E-state index in [9.17, 15) is 4.39 Å². The van der Waals surface area contributed by atoms with Crippen LogP contribution in [0.25, 0.3) is 5.69 Å². The Bertz CT molecular complexity index is 586. The van der Waals surface area contributed by atoms with E-state index >= 15 is 0 Å². The molecule has 1 heterocycles. The Morgan fingerprint density at radius 1 is 1.33 bits per heavy atom. The Kier molecular flexibility index (Phi) is 3.02. The lowest BCUT2D eigenvalue weighted by Gasteiger charge is -2.20. The maximum absolute atomic E-state index is 13.2. The van der Waals surface area contributed by atoms with E-state index in [1.165, 1.54) is 12.1 Å². The molecule has 0 spiro atoms. The molecule has 2 aromatic rings. The Morgan fingerprint density at radius 3 is 2.56 bits per heavy atom. The van der Waals surface area contributed by atoms with Gasteiger partial charge >= 0.3 is 0 Å². The van der Waals surface area contributed by atoms with Crippen molar-refractivity contribution in [1.82, 2.24) is 15.0 Å². The van der Waals surface area contributed by atoms with Gasteiger partial charge in [-0.3, -0.25) is 0 Å². The summed E-state index contributed by atoms with van der Waals surface area (Å²) < 4.78 is 14.7. The van der Waals surface area contributed by atoms with Gasteiger partial charge in [0.2, 0.25) is 0 Å². The first-order chi connectivity index (χ1) is 8.30. The average Bonchev–Trinajstić information content (AvgIpc) is 2.64. The number of hydrogen-bond acceptors (Lipinski definition) is 3. The standard InChI is InChI=1S/C12H14ClFN4/c1-12(2,3)10-11(15)16-17-18(10)7-4-5-9(14)8(13)6-7/h4-6H,15H2,1-3H3. The summed E-state index contributed by atoms with van der Waals surface area (Å²) in [5.41, 5.74) is 7.01. The third kappa shape index (κ3) is 2.18. The molecular formula is C12H14ClFN4. The average molecular weight is 269 g/mol. The van der Waals surface area contributed by atoms with Gasteiger partial charge in [-0.2, -0.15) is 0 Å². The minimum atomic E-state index is -0.467. The van der Waals surface area contributed by atoms with Gasteiger partial charge in [0, 0.05) is 5.41 Å². The number of aromatic nitrogens is 3. The predicted molar refractivity (Wildman–Crippen MR) is 69.4 cm³/mol. The summed E-state index contributed by atoms with van der Waals surface area (Å²) in [7, 11) is 0. The summed E-state index contributed by atoms with van der Waals surface area (Å²) in [6.45, 7) is 6.01. The van der Waals surface area contributed by atoms with Crippen molar-refractivity contribution in [3.8, 4) is 5.69 Å². The van der Waals surface area contributed by atoms with Gasteiger partial charge in [0.1, 0.15) is 5.82 Å². The first kappa shape index (κ1) is 12.8. The predicted octanol–water partition coefficient (Wildman–Crippen LogP) is 2.94. The molecule has 0 bridgehead atoms. The largest absolute Gasteiger partial charge is 0.381 e. The number of halogens is 2. The van der Waals surface area contributed by atoms with E-state index in [1.54, 1.807) is 10.7 Å². The Hall–Kier alpha value is -1.62. The second-order valence-corrected chi connectivity index (χ2v) is 5.49. The summed E-state index contributed by atoms with van der Waals surface area (Å²) in [6.07, 6.45) is 0. The van der Waals surface area contributed by atoms with Gasteiger partial charge in [0.25, 0.3) is 0 Å². The van der Waals surface area contributed by atoms with Crippen molar-refractivity contribution in [2.75, 3.05) is 5.73 Å². The summed E-state index contributed by atoms with van der Waals surface area (Å²) in [5.74, 6) is -0.103. The highest BCUT2D eigenvalue weighted by atomic mass is 35.5. The van der Waals surface area contributed by atoms with Crippen LogP contribution < -0.4 is 5.73 Å². The van der Waals surface area contributed by atoms with Crippen molar-refractivity contribution >= 4 is 17.4 Å². The molecule has 2 N–H and O–H groups in total. The number of nitrogens with two attached hydrogens (primary N) is 1. The van der Waals surface area contributed by atoms with Crippen LogP contribution >= 0.6 is 11.6 Å². The monoisotopic (exact) mass is 268 g/mol. The molecule has 0 saturated carbocycles. The van der Waals surface area contributed by atoms with Crippen molar-refractivity contribution in [3.63, 3.8) is 0 Å². The molecule has 1 aromatic heterocycles. The number of benzene rings is 1. The van der Waals surface area contributed by atoms with Crippen LogP contribution in [0.4, 0.5) is 10.2 Å². The first-order valence-corrected chi connectivity index (χ1v) is 5.85. The van der Waals surface area contributed by atoms with Crippen molar-refractivity contribution in [3.05, 3.63) is 34.7 Å². The van der Waals surface area contributed by atoms with Crippen LogP contribution in [0.15, 0.2) is 18.2 Å². The summed E-state index contributed by atoms with van der Waals surface area (Å²) in [6, 6.07) is 4.38. The maximum atomic E-state index is 13.2. The molecule has 0 aliphatic rings. The molecular weight excluding hydrogens is 255 g/mol. The number of rotatable bonds is 1. The molecule has 2 rings (SSSR count). The van der Waals surface area contributed by atoms with Crippen LogP contribution in [0.1, 0.15) is 26.5 Å². The highest BCUT2D eigenvalue weighted by Gasteiger charge is 2.25. The van der Waals surface area contributed by atoms with E-state index in [4.69, 9.17) is 17.3 Å². The van der Waals surface area contributed by atoms with Crippen molar-refractivity contribution in [2.24, 2.45) is 0 Å². The molecule has 18 heavy (non-hydrogen) atoms. The SMILES string of the molecule is CC(C)(C)c1c(N)nnn1-c1ccc(F)c(Cl)c1. The molecule has 4 nitrogen and oxygen atoms in total. The molecule has 96 valence electrons. The van der Waals surface area contributed by atoms with Gasteiger partial charge in [0.05, 0.1) is 16.4 Å². The van der Waals surface area contributed by atoms with Crippen LogP contribution in [0.2, 0.25) is 5.02 Å². The summed E-state index contributed by atoms with van der Waals surface area (Å²) in [4.78, 5) is 0. The normalized spacial score (nSPS) is 11.8. The topological polar surface area (TPSA) is 56.7 Å². The first-order valence-electron chi connectivity index (χ1n) is 5.48. The molecule has 0 unspecified atom stereocenters. The third-order valence-corrected chi connectivity index (χ3v) is 2.84. The maximum Gasteiger partial charge on any atom is 0.170 e. The zero-order chi connectivity index (χ0) is 13.5. The Labute approximate surface area is 110 Å². The van der Waals surface area contributed by atoms with Gasteiger partial charge in [-0.05, 0) is 18.2 Å². The molecule has 0 amide bonds. The lowest BCUT2D eigenvalue weighted by Crippen LogP contribution is -2.19.